The van der Waals surface area contributed by atoms with Crippen molar-refractivity contribution >= 4 is 11.4 Å². The Labute approximate surface area is 125 Å². The van der Waals surface area contributed by atoms with Gasteiger partial charge in [-0.05, 0) is 25.0 Å². The molecular formula is C18H19N3. The molecule has 2 aliphatic rings. The minimum atomic E-state index is 0.575. The SMILES string of the molecule is CC1=CN=C(N)c2cc(C3=CC=CC=CC=C3)cn2CC1. The molecule has 1 aromatic rings. The van der Waals surface area contributed by atoms with Crippen molar-refractivity contribution in [3.63, 3.8) is 0 Å². The summed E-state index contributed by atoms with van der Waals surface area (Å²) in [5.74, 6) is 0.575. The van der Waals surface area contributed by atoms with Crippen molar-refractivity contribution in [2.75, 3.05) is 0 Å². The molecule has 1 aliphatic heterocycles. The lowest BCUT2D eigenvalue weighted by Gasteiger charge is -2.11. The van der Waals surface area contributed by atoms with E-state index in [9.17, 15) is 0 Å². The van der Waals surface area contributed by atoms with Crippen LogP contribution in [0.3, 0.4) is 0 Å². The van der Waals surface area contributed by atoms with Crippen LogP contribution in [-0.2, 0) is 6.54 Å². The molecule has 1 aliphatic carbocycles. The van der Waals surface area contributed by atoms with Crippen LogP contribution in [0.4, 0.5) is 0 Å². The highest BCUT2D eigenvalue weighted by Crippen LogP contribution is 2.22. The zero-order chi connectivity index (χ0) is 14.7. The van der Waals surface area contributed by atoms with E-state index < -0.39 is 0 Å². The lowest BCUT2D eigenvalue weighted by Crippen LogP contribution is -2.19. The van der Waals surface area contributed by atoms with E-state index in [1.807, 2.05) is 36.6 Å². The molecule has 0 spiro atoms. The molecule has 0 bridgehead atoms. The van der Waals surface area contributed by atoms with E-state index >= 15 is 0 Å². The maximum atomic E-state index is 6.10. The molecule has 3 rings (SSSR count). The first-order chi connectivity index (χ1) is 10.2. The monoisotopic (exact) mass is 277 g/mol. The summed E-state index contributed by atoms with van der Waals surface area (Å²) in [6, 6.07) is 2.11. The van der Waals surface area contributed by atoms with E-state index in [2.05, 4.69) is 40.9 Å². The number of aryl methyl sites for hydroxylation is 1. The van der Waals surface area contributed by atoms with Gasteiger partial charge in [-0.3, -0.25) is 0 Å². The van der Waals surface area contributed by atoms with E-state index in [4.69, 9.17) is 5.73 Å². The summed E-state index contributed by atoms with van der Waals surface area (Å²) in [6.45, 7) is 3.02. The molecular weight excluding hydrogens is 258 g/mol. The molecule has 0 saturated carbocycles. The van der Waals surface area contributed by atoms with E-state index in [0.29, 0.717) is 5.84 Å². The number of amidine groups is 1. The second kappa shape index (κ2) is 5.83. The van der Waals surface area contributed by atoms with Gasteiger partial charge in [-0.2, -0.15) is 0 Å². The maximum Gasteiger partial charge on any atom is 0.147 e. The molecule has 2 N–H and O–H groups in total. The molecule has 0 fully saturated rings. The third-order valence-corrected chi connectivity index (χ3v) is 3.66. The Morgan fingerprint density at radius 1 is 1.14 bits per heavy atom. The summed E-state index contributed by atoms with van der Waals surface area (Å²) in [7, 11) is 0. The van der Waals surface area contributed by atoms with Crippen LogP contribution >= 0.6 is 0 Å². The second-order valence-corrected chi connectivity index (χ2v) is 5.30. The molecule has 0 aromatic carbocycles. The predicted octanol–water partition coefficient (Wildman–Crippen LogP) is 3.57. The largest absolute Gasteiger partial charge is 0.382 e. The normalized spacial score (nSPS) is 17.9. The van der Waals surface area contributed by atoms with Gasteiger partial charge in [0, 0.05) is 24.5 Å². The maximum absolute atomic E-state index is 6.10. The number of fused-ring (bicyclic) bond motifs is 1. The first kappa shape index (κ1) is 13.4. The summed E-state index contributed by atoms with van der Waals surface area (Å²) in [5, 5.41) is 0. The molecule has 3 heteroatoms. The molecule has 1 aromatic heterocycles. The van der Waals surface area contributed by atoms with Gasteiger partial charge in [-0.25, -0.2) is 4.99 Å². The van der Waals surface area contributed by atoms with Crippen molar-refractivity contribution < 1.29 is 0 Å². The summed E-state index contributed by atoms with van der Waals surface area (Å²) in [5.41, 5.74) is 10.7. The van der Waals surface area contributed by atoms with Gasteiger partial charge in [0.25, 0.3) is 0 Å². The fourth-order valence-corrected chi connectivity index (χ4v) is 2.43. The molecule has 106 valence electrons. The van der Waals surface area contributed by atoms with Crippen LogP contribution in [-0.4, -0.2) is 10.4 Å². The topological polar surface area (TPSA) is 43.3 Å². The van der Waals surface area contributed by atoms with Crippen molar-refractivity contribution in [1.82, 2.24) is 4.57 Å². The van der Waals surface area contributed by atoms with E-state index in [-0.39, 0.29) is 0 Å². The highest BCUT2D eigenvalue weighted by Gasteiger charge is 2.12. The van der Waals surface area contributed by atoms with Crippen LogP contribution in [0.25, 0.3) is 5.57 Å². The lowest BCUT2D eigenvalue weighted by atomic mass is 10.1. The van der Waals surface area contributed by atoms with Crippen molar-refractivity contribution in [1.29, 1.82) is 0 Å². The average Bonchev–Trinajstić information content (AvgIpc) is 2.84. The number of rotatable bonds is 1. The van der Waals surface area contributed by atoms with Crippen molar-refractivity contribution in [2.24, 2.45) is 10.7 Å². The van der Waals surface area contributed by atoms with Gasteiger partial charge in [0.05, 0.1) is 5.69 Å². The van der Waals surface area contributed by atoms with E-state index in [1.165, 1.54) is 16.7 Å². The fourth-order valence-electron chi connectivity index (χ4n) is 2.43. The Kier molecular flexibility index (Phi) is 3.73. The number of nitrogens with zero attached hydrogens (tertiary/aromatic N) is 2. The minimum absolute atomic E-state index is 0.575. The van der Waals surface area contributed by atoms with Gasteiger partial charge in [0.15, 0.2) is 0 Å². The molecule has 3 nitrogen and oxygen atoms in total. The summed E-state index contributed by atoms with van der Waals surface area (Å²) in [4.78, 5) is 4.35. The van der Waals surface area contributed by atoms with E-state index in [0.717, 1.165) is 18.7 Å². The van der Waals surface area contributed by atoms with Gasteiger partial charge in [-0.15, -0.1) is 0 Å². The Morgan fingerprint density at radius 3 is 2.86 bits per heavy atom. The lowest BCUT2D eigenvalue weighted by molar-refractivity contribution is 0.686. The molecule has 0 amide bonds. The highest BCUT2D eigenvalue weighted by atomic mass is 15.0. The third-order valence-electron chi connectivity index (χ3n) is 3.66. The van der Waals surface area contributed by atoms with Crippen molar-refractivity contribution in [3.8, 4) is 0 Å². The van der Waals surface area contributed by atoms with Gasteiger partial charge in [-0.1, -0.05) is 48.1 Å². The van der Waals surface area contributed by atoms with Crippen LogP contribution < -0.4 is 5.73 Å². The quantitative estimate of drug-likeness (QED) is 0.838. The molecule has 0 unspecified atom stereocenters. The van der Waals surface area contributed by atoms with Gasteiger partial charge < -0.3 is 10.3 Å². The van der Waals surface area contributed by atoms with Crippen LogP contribution in [0, 0.1) is 0 Å². The van der Waals surface area contributed by atoms with Crippen LogP contribution in [0.1, 0.15) is 24.6 Å². The number of allylic oxidation sites excluding steroid dienone is 9. The molecule has 0 atom stereocenters. The number of hydrogen-bond acceptors (Lipinski definition) is 2. The molecule has 2 heterocycles. The van der Waals surface area contributed by atoms with Crippen LogP contribution in [0.5, 0.6) is 0 Å². The Bertz CT molecular complexity index is 722. The Balaban J connectivity index is 2.00. The summed E-state index contributed by atoms with van der Waals surface area (Å²) < 4.78 is 2.19. The first-order valence-corrected chi connectivity index (χ1v) is 7.15. The third kappa shape index (κ3) is 2.97. The zero-order valence-electron chi connectivity index (χ0n) is 12.2. The Morgan fingerprint density at radius 2 is 1.95 bits per heavy atom. The first-order valence-electron chi connectivity index (χ1n) is 7.15. The van der Waals surface area contributed by atoms with Gasteiger partial charge >= 0.3 is 0 Å². The summed E-state index contributed by atoms with van der Waals surface area (Å²) >= 11 is 0. The number of hydrogen-bond donors (Lipinski definition) is 1. The highest BCUT2D eigenvalue weighted by molar-refractivity contribution is 5.98. The van der Waals surface area contributed by atoms with Crippen molar-refractivity contribution in [2.45, 2.75) is 19.9 Å². The smallest absolute Gasteiger partial charge is 0.147 e. The predicted molar refractivity (Wildman–Crippen MR) is 88.9 cm³/mol. The van der Waals surface area contributed by atoms with E-state index in [1.54, 1.807) is 0 Å². The van der Waals surface area contributed by atoms with Crippen molar-refractivity contribution in [3.05, 3.63) is 77.8 Å². The number of aromatic nitrogens is 1. The molecule has 21 heavy (non-hydrogen) atoms. The van der Waals surface area contributed by atoms with Gasteiger partial charge in [0.1, 0.15) is 5.84 Å². The second-order valence-electron chi connectivity index (χ2n) is 5.30. The molecule has 0 radical (unpaired) electrons. The van der Waals surface area contributed by atoms with Crippen LogP contribution in [0.15, 0.2) is 71.6 Å². The zero-order valence-corrected chi connectivity index (χ0v) is 12.2. The average molecular weight is 277 g/mol. The minimum Gasteiger partial charge on any atom is -0.382 e. The number of aliphatic imine (C=N–C) groups is 1. The van der Waals surface area contributed by atoms with Crippen LogP contribution in [0.2, 0.25) is 0 Å². The number of nitrogens with two attached hydrogens (primary N) is 1. The fraction of sp³-hybridized carbons (Fsp3) is 0.167. The molecule has 0 saturated heterocycles. The standard InChI is InChI=1S/C18H19N3/c1-14-9-10-21-13-16(11-17(21)18(19)20-12-14)15-7-5-3-2-4-6-8-15/h2-8,11-13H,9-10H2,1H3,(H2,19,20). The Hall–Kier alpha value is -2.55. The van der Waals surface area contributed by atoms with Gasteiger partial charge in [0.2, 0.25) is 0 Å². The summed E-state index contributed by atoms with van der Waals surface area (Å²) in [6.07, 6.45) is 19.4.